The molecule has 0 atom stereocenters. The lowest BCUT2D eigenvalue weighted by Gasteiger charge is -2.32. The standard InChI is InChI=1S/C16H23N7O/c1-5-22(16-11-17-3-4-18-16)6-2-15(1)23-13-14(19-20-23)12-21-7-9-24-10-8-21/h3-4,11,13,15H,1-2,5-10,12H2. The van der Waals surface area contributed by atoms with Crippen molar-refractivity contribution in [2.45, 2.75) is 25.4 Å². The summed E-state index contributed by atoms with van der Waals surface area (Å²) in [5, 5.41) is 8.72. The van der Waals surface area contributed by atoms with Gasteiger partial charge in [-0.2, -0.15) is 0 Å². The van der Waals surface area contributed by atoms with Gasteiger partial charge >= 0.3 is 0 Å². The van der Waals surface area contributed by atoms with Gasteiger partial charge in [-0.05, 0) is 12.8 Å². The van der Waals surface area contributed by atoms with Crippen LogP contribution in [0.1, 0.15) is 24.6 Å². The summed E-state index contributed by atoms with van der Waals surface area (Å²) in [5.41, 5.74) is 1.05. The first kappa shape index (κ1) is 15.5. The van der Waals surface area contributed by atoms with Gasteiger partial charge in [-0.3, -0.25) is 9.88 Å². The number of hydrogen-bond donors (Lipinski definition) is 0. The van der Waals surface area contributed by atoms with Crippen LogP contribution in [-0.4, -0.2) is 69.3 Å². The molecule has 0 radical (unpaired) electrons. The topological polar surface area (TPSA) is 72.2 Å². The second-order valence-electron chi connectivity index (χ2n) is 6.36. The van der Waals surface area contributed by atoms with Gasteiger partial charge in [0.05, 0.1) is 37.3 Å². The summed E-state index contributed by atoms with van der Waals surface area (Å²) >= 11 is 0. The number of anilines is 1. The van der Waals surface area contributed by atoms with Crippen LogP contribution in [0, 0.1) is 0 Å². The Hall–Kier alpha value is -2.06. The number of rotatable bonds is 4. The van der Waals surface area contributed by atoms with Crippen LogP contribution in [0.5, 0.6) is 0 Å². The van der Waals surface area contributed by atoms with E-state index in [0.717, 1.165) is 70.3 Å². The van der Waals surface area contributed by atoms with Gasteiger partial charge in [0, 0.05) is 45.1 Å². The molecule has 8 heteroatoms. The molecule has 2 fully saturated rings. The fourth-order valence-electron chi connectivity index (χ4n) is 3.37. The lowest BCUT2D eigenvalue weighted by Crippen LogP contribution is -2.36. The highest BCUT2D eigenvalue weighted by atomic mass is 16.5. The average molecular weight is 329 g/mol. The molecule has 0 spiro atoms. The van der Waals surface area contributed by atoms with E-state index in [-0.39, 0.29) is 0 Å². The van der Waals surface area contributed by atoms with E-state index in [1.54, 1.807) is 12.4 Å². The molecule has 0 amide bonds. The van der Waals surface area contributed by atoms with Gasteiger partial charge in [0.2, 0.25) is 0 Å². The SMILES string of the molecule is c1cnc(N2CCC(n3cc(CN4CCOCC4)nn3)CC2)cn1. The van der Waals surface area contributed by atoms with Crippen LogP contribution >= 0.6 is 0 Å². The fourth-order valence-corrected chi connectivity index (χ4v) is 3.37. The summed E-state index contributed by atoms with van der Waals surface area (Å²) in [5.74, 6) is 0.961. The van der Waals surface area contributed by atoms with Crippen molar-refractivity contribution in [3.8, 4) is 0 Å². The summed E-state index contributed by atoms with van der Waals surface area (Å²) in [6.07, 6.45) is 9.50. The second kappa shape index (κ2) is 7.23. The van der Waals surface area contributed by atoms with Crippen LogP contribution in [0.15, 0.2) is 24.8 Å². The minimum Gasteiger partial charge on any atom is -0.379 e. The maximum absolute atomic E-state index is 5.39. The van der Waals surface area contributed by atoms with Gasteiger partial charge in [0.15, 0.2) is 0 Å². The first-order valence-electron chi connectivity index (χ1n) is 8.60. The van der Waals surface area contributed by atoms with Gasteiger partial charge in [0.1, 0.15) is 5.82 Å². The Morgan fingerprint density at radius 1 is 1.08 bits per heavy atom. The lowest BCUT2D eigenvalue weighted by atomic mass is 10.1. The van der Waals surface area contributed by atoms with Crippen LogP contribution < -0.4 is 4.90 Å². The van der Waals surface area contributed by atoms with Crippen molar-refractivity contribution in [1.29, 1.82) is 0 Å². The zero-order chi connectivity index (χ0) is 16.2. The van der Waals surface area contributed by atoms with Crippen molar-refractivity contribution < 1.29 is 4.74 Å². The van der Waals surface area contributed by atoms with Crippen molar-refractivity contribution in [1.82, 2.24) is 29.9 Å². The van der Waals surface area contributed by atoms with E-state index in [0.29, 0.717) is 6.04 Å². The molecule has 4 rings (SSSR count). The predicted octanol–water partition coefficient (Wildman–Crippen LogP) is 0.742. The zero-order valence-electron chi connectivity index (χ0n) is 13.8. The number of hydrogen-bond acceptors (Lipinski definition) is 7. The molecule has 0 saturated carbocycles. The molecular weight excluding hydrogens is 306 g/mol. The Morgan fingerprint density at radius 2 is 1.92 bits per heavy atom. The van der Waals surface area contributed by atoms with Crippen LogP contribution in [0.2, 0.25) is 0 Å². The first-order valence-corrected chi connectivity index (χ1v) is 8.60. The second-order valence-corrected chi connectivity index (χ2v) is 6.36. The molecule has 0 bridgehead atoms. The number of ether oxygens (including phenoxy) is 1. The van der Waals surface area contributed by atoms with Crippen LogP contribution in [-0.2, 0) is 11.3 Å². The highest BCUT2D eigenvalue weighted by Crippen LogP contribution is 2.24. The molecule has 2 saturated heterocycles. The summed E-state index contributed by atoms with van der Waals surface area (Å²) < 4.78 is 7.43. The minimum absolute atomic E-state index is 0.420. The Morgan fingerprint density at radius 3 is 2.67 bits per heavy atom. The van der Waals surface area contributed by atoms with E-state index in [4.69, 9.17) is 4.74 Å². The third kappa shape index (κ3) is 3.54. The molecule has 2 aliphatic rings. The molecule has 128 valence electrons. The molecule has 8 nitrogen and oxygen atoms in total. The predicted molar refractivity (Wildman–Crippen MR) is 88.6 cm³/mol. The molecule has 24 heavy (non-hydrogen) atoms. The molecule has 2 aliphatic heterocycles. The van der Waals surface area contributed by atoms with E-state index in [2.05, 4.69) is 36.3 Å². The van der Waals surface area contributed by atoms with Crippen LogP contribution in [0.4, 0.5) is 5.82 Å². The Bertz CT molecular complexity index is 633. The molecule has 2 aromatic rings. The van der Waals surface area contributed by atoms with Gasteiger partial charge in [-0.1, -0.05) is 5.21 Å². The lowest BCUT2D eigenvalue weighted by molar-refractivity contribution is 0.0336. The number of piperidine rings is 1. The number of nitrogens with zero attached hydrogens (tertiary/aromatic N) is 7. The number of morpholine rings is 1. The summed E-state index contributed by atoms with van der Waals surface area (Å²) in [6.45, 7) is 6.39. The highest BCUT2D eigenvalue weighted by molar-refractivity contribution is 5.35. The zero-order valence-corrected chi connectivity index (χ0v) is 13.8. The summed E-state index contributed by atoms with van der Waals surface area (Å²) in [6, 6.07) is 0.420. The van der Waals surface area contributed by atoms with Crippen molar-refractivity contribution in [2.24, 2.45) is 0 Å². The van der Waals surface area contributed by atoms with Crippen molar-refractivity contribution >= 4 is 5.82 Å². The third-order valence-corrected chi connectivity index (χ3v) is 4.76. The molecule has 0 aromatic carbocycles. The molecule has 0 unspecified atom stereocenters. The molecule has 0 aliphatic carbocycles. The van der Waals surface area contributed by atoms with E-state index >= 15 is 0 Å². The van der Waals surface area contributed by atoms with E-state index in [1.165, 1.54) is 0 Å². The Kier molecular flexibility index (Phi) is 4.66. The Balaban J connectivity index is 1.32. The first-order chi connectivity index (χ1) is 11.9. The van der Waals surface area contributed by atoms with Gasteiger partial charge in [-0.25, -0.2) is 9.67 Å². The quantitative estimate of drug-likeness (QED) is 0.819. The maximum Gasteiger partial charge on any atom is 0.147 e. The van der Waals surface area contributed by atoms with Gasteiger partial charge < -0.3 is 9.64 Å². The normalized spacial score (nSPS) is 20.4. The Labute approximate surface area is 141 Å². The molecule has 0 N–H and O–H groups in total. The van der Waals surface area contributed by atoms with E-state index < -0.39 is 0 Å². The van der Waals surface area contributed by atoms with E-state index in [9.17, 15) is 0 Å². The van der Waals surface area contributed by atoms with Gasteiger partial charge in [0.25, 0.3) is 0 Å². The third-order valence-electron chi connectivity index (χ3n) is 4.76. The van der Waals surface area contributed by atoms with Crippen LogP contribution in [0.3, 0.4) is 0 Å². The van der Waals surface area contributed by atoms with Gasteiger partial charge in [-0.15, -0.1) is 5.10 Å². The van der Waals surface area contributed by atoms with Crippen LogP contribution in [0.25, 0.3) is 0 Å². The fraction of sp³-hybridized carbons (Fsp3) is 0.625. The molecular formula is C16H23N7O. The largest absolute Gasteiger partial charge is 0.379 e. The van der Waals surface area contributed by atoms with Crippen molar-refractivity contribution in [3.63, 3.8) is 0 Å². The summed E-state index contributed by atoms with van der Waals surface area (Å²) in [4.78, 5) is 13.2. The van der Waals surface area contributed by atoms with E-state index in [1.807, 2.05) is 10.9 Å². The molecule has 4 heterocycles. The number of aromatic nitrogens is 5. The van der Waals surface area contributed by atoms with Crippen molar-refractivity contribution in [2.75, 3.05) is 44.3 Å². The highest BCUT2D eigenvalue weighted by Gasteiger charge is 2.23. The maximum atomic E-state index is 5.39. The van der Waals surface area contributed by atoms with Crippen molar-refractivity contribution in [3.05, 3.63) is 30.5 Å². The minimum atomic E-state index is 0.420. The average Bonchev–Trinajstić information content (AvgIpc) is 3.12. The monoisotopic (exact) mass is 329 g/mol. The summed E-state index contributed by atoms with van der Waals surface area (Å²) in [7, 11) is 0. The smallest absolute Gasteiger partial charge is 0.147 e. The molecule has 2 aromatic heterocycles.